The molecule has 0 radical (unpaired) electrons. The molecule has 0 unspecified atom stereocenters. The van der Waals surface area contributed by atoms with Gasteiger partial charge >= 0.3 is 6.09 Å². The Hall–Kier alpha value is -2.30. The van der Waals surface area contributed by atoms with Gasteiger partial charge in [0.1, 0.15) is 0 Å². The van der Waals surface area contributed by atoms with Gasteiger partial charge in [-0.25, -0.2) is 4.79 Å². The van der Waals surface area contributed by atoms with Gasteiger partial charge in [-0.2, -0.15) is 5.10 Å². The smallest absolute Gasteiger partial charge is 0.411 e. The summed E-state index contributed by atoms with van der Waals surface area (Å²) in [5.41, 5.74) is 3.57. The molecule has 1 amide bonds. The number of methoxy groups -OCH3 is 1. The topological polar surface area (TPSA) is 67.0 Å². The summed E-state index contributed by atoms with van der Waals surface area (Å²) in [6, 6.07) is 9.34. The highest BCUT2D eigenvalue weighted by Crippen LogP contribution is 2.19. The third kappa shape index (κ3) is 2.63. The van der Waals surface area contributed by atoms with Gasteiger partial charge in [0.25, 0.3) is 0 Å². The van der Waals surface area contributed by atoms with E-state index in [-0.39, 0.29) is 0 Å². The number of anilines is 1. The van der Waals surface area contributed by atoms with Crippen molar-refractivity contribution in [2.75, 3.05) is 12.4 Å². The van der Waals surface area contributed by atoms with E-state index < -0.39 is 6.09 Å². The van der Waals surface area contributed by atoms with E-state index >= 15 is 0 Å². The first-order chi connectivity index (χ1) is 8.19. The number of aromatic amines is 1. The molecule has 1 aromatic heterocycles. The van der Waals surface area contributed by atoms with E-state index in [0.29, 0.717) is 5.69 Å². The van der Waals surface area contributed by atoms with Crippen LogP contribution in [0.3, 0.4) is 0 Å². The Balaban J connectivity index is 2.15. The van der Waals surface area contributed by atoms with Crippen LogP contribution < -0.4 is 5.32 Å². The molecule has 1 heterocycles. The standard InChI is InChI=1S/C12H13N3O2/c1-8-7-11(15-14-8)9-3-5-10(6-4-9)13-12(16)17-2/h3-7H,1-2H3,(H,13,16)(H,14,15). The highest BCUT2D eigenvalue weighted by molar-refractivity contribution is 5.84. The number of carbonyl (C=O) groups is 1. The highest BCUT2D eigenvalue weighted by Gasteiger charge is 2.03. The van der Waals surface area contributed by atoms with E-state index in [4.69, 9.17) is 0 Å². The second kappa shape index (κ2) is 4.69. The predicted octanol–water partition coefficient (Wildman–Crippen LogP) is 2.56. The molecule has 0 fully saturated rings. The zero-order valence-electron chi connectivity index (χ0n) is 9.65. The summed E-state index contributed by atoms with van der Waals surface area (Å²) >= 11 is 0. The van der Waals surface area contributed by atoms with Gasteiger partial charge in [0.15, 0.2) is 0 Å². The third-order valence-electron chi connectivity index (χ3n) is 2.32. The van der Waals surface area contributed by atoms with Gasteiger partial charge in [0, 0.05) is 16.9 Å². The Morgan fingerprint density at radius 3 is 2.59 bits per heavy atom. The second-order valence-corrected chi connectivity index (χ2v) is 3.63. The molecular weight excluding hydrogens is 218 g/mol. The number of amides is 1. The van der Waals surface area contributed by atoms with Crippen molar-refractivity contribution >= 4 is 11.8 Å². The molecule has 0 aliphatic heterocycles. The van der Waals surface area contributed by atoms with Gasteiger partial charge < -0.3 is 4.74 Å². The molecule has 2 rings (SSSR count). The maximum Gasteiger partial charge on any atom is 0.411 e. The molecule has 5 heteroatoms. The molecule has 0 atom stereocenters. The van der Waals surface area contributed by atoms with E-state index in [9.17, 15) is 4.79 Å². The minimum absolute atomic E-state index is 0.478. The fourth-order valence-corrected chi connectivity index (χ4v) is 1.46. The van der Waals surface area contributed by atoms with E-state index in [1.54, 1.807) is 12.1 Å². The molecule has 1 aromatic carbocycles. The Morgan fingerprint density at radius 2 is 2.06 bits per heavy atom. The summed E-state index contributed by atoms with van der Waals surface area (Å²) in [7, 11) is 1.33. The summed E-state index contributed by atoms with van der Waals surface area (Å²) in [5, 5.41) is 9.63. The molecule has 0 aliphatic rings. The number of rotatable bonds is 2. The van der Waals surface area contributed by atoms with Crippen LogP contribution >= 0.6 is 0 Å². The zero-order chi connectivity index (χ0) is 12.3. The molecule has 0 saturated carbocycles. The van der Waals surface area contributed by atoms with Gasteiger partial charge in [-0.05, 0) is 25.1 Å². The lowest BCUT2D eigenvalue weighted by Gasteiger charge is -2.03. The minimum Gasteiger partial charge on any atom is -0.453 e. The monoisotopic (exact) mass is 231 g/mol. The van der Waals surface area contributed by atoms with Crippen LogP contribution in [0.4, 0.5) is 10.5 Å². The van der Waals surface area contributed by atoms with E-state index in [1.807, 2.05) is 25.1 Å². The van der Waals surface area contributed by atoms with Crippen molar-refractivity contribution < 1.29 is 9.53 Å². The fraction of sp³-hybridized carbons (Fsp3) is 0.167. The van der Waals surface area contributed by atoms with Crippen molar-refractivity contribution in [3.8, 4) is 11.3 Å². The Labute approximate surface area is 98.8 Å². The van der Waals surface area contributed by atoms with Gasteiger partial charge in [0.2, 0.25) is 0 Å². The van der Waals surface area contributed by atoms with Crippen LogP contribution in [-0.4, -0.2) is 23.4 Å². The average Bonchev–Trinajstić information content (AvgIpc) is 2.77. The van der Waals surface area contributed by atoms with Gasteiger partial charge in [-0.3, -0.25) is 10.4 Å². The minimum atomic E-state index is -0.478. The predicted molar refractivity (Wildman–Crippen MR) is 64.8 cm³/mol. The van der Waals surface area contributed by atoms with E-state index in [0.717, 1.165) is 17.0 Å². The fourth-order valence-electron chi connectivity index (χ4n) is 1.46. The quantitative estimate of drug-likeness (QED) is 0.834. The molecular formula is C12H13N3O2. The first kappa shape index (κ1) is 11.2. The van der Waals surface area contributed by atoms with Crippen molar-refractivity contribution in [2.24, 2.45) is 0 Å². The molecule has 0 saturated heterocycles. The van der Waals surface area contributed by atoms with E-state index in [2.05, 4.69) is 20.3 Å². The Morgan fingerprint density at radius 1 is 1.35 bits per heavy atom. The zero-order valence-corrected chi connectivity index (χ0v) is 9.65. The van der Waals surface area contributed by atoms with Gasteiger partial charge in [-0.15, -0.1) is 0 Å². The molecule has 2 aromatic rings. The van der Waals surface area contributed by atoms with Gasteiger partial charge in [-0.1, -0.05) is 12.1 Å². The summed E-state index contributed by atoms with van der Waals surface area (Å²) in [6.45, 7) is 1.95. The molecule has 0 aliphatic carbocycles. The Bertz CT molecular complexity index is 517. The number of H-pyrrole nitrogens is 1. The second-order valence-electron chi connectivity index (χ2n) is 3.63. The van der Waals surface area contributed by atoms with Crippen LogP contribution in [0.1, 0.15) is 5.69 Å². The van der Waals surface area contributed by atoms with Crippen LogP contribution in [0.5, 0.6) is 0 Å². The normalized spacial score (nSPS) is 10.0. The molecule has 2 N–H and O–H groups in total. The summed E-state index contributed by atoms with van der Waals surface area (Å²) in [6.07, 6.45) is -0.478. The lowest BCUT2D eigenvalue weighted by Crippen LogP contribution is -2.10. The Kier molecular flexibility index (Phi) is 3.09. The third-order valence-corrected chi connectivity index (χ3v) is 2.32. The van der Waals surface area contributed by atoms with Crippen LogP contribution in [0.2, 0.25) is 0 Å². The molecule has 17 heavy (non-hydrogen) atoms. The summed E-state index contributed by atoms with van der Waals surface area (Å²) < 4.78 is 4.50. The maximum atomic E-state index is 11.0. The number of hydrogen-bond acceptors (Lipinski definition) is 3. The van der Waals surface area contributed by atoms with E-state index in [1.165, 1.54) is 7.11 Å². The van der Waals surface area contributed by atoms with Crippen molar-refractivity contribution in [2.45, 2.75) is 6.92 Å². The van der Waals surface area contributed by atoms with Gasteiger partial charge in [0.05, 0.1) is 12.8 Å². The van der Waals surface area contributed by atoms with Crippen LogP contribution in [0.25, 0.3) is 11.3 Å². The number of nitrogens with zero attached hydrogens (tertiary/aromatic N) is 1. The highest BCUT2D eigenvalue weighted by atomic mass is 16.5. The maximum absolute atomic E-state index is 11.0. The molecule has 88 valence electrons. The van der Waals surface area contributed by atoms with Crippen LogP contribution in [-0.2, 0) is 4.74 Å². The average molecular weight is 231 g/mol. The number of ether oxygens (including phenoxy) is 1. The largest absolute Gasteiger partial charge is 0.453 e. The SMILES string of the molecule is COC(=O)Nc1ccc(-c2cc(C)[nH]n2)cc1. The number of carbonyl (C=O) groups excluding carboxylic acids is 1. The summed E-state index contributed by atoms with van der Waals surface area (Å²) in [5.74, 6) is 0. The first-order valence-corrected chi connectivity index (χ1v) is 5.16. The van der Waals surface area contributed by atoms with Crippen LogP contribution in [0.15, 0.2) is 30.3 Å². The number of hydrogen-bond donors (Lipinski definition) is 2. The van der Waals surface area contributed by atoms with Crippen molar-refractivity contribution in [1.29, 1.82) is 0 Å². The number of benzene rings is 1. The number of aryl methyl sites for hydroxylation is 1. The molecule has 0 spiro atoms. The molecule has 5 nitrogen and oxygen atoms in total. The summed E-state index contributed by atoms with van der Waals surface area (Å²) in [4.78, 5) is 11.0. The van der Waals surface area contributed by atoms with Crippen molar-refractivity contribution in [1.82, 2.24) is 10.2 Å². The first-order valence-electron chi connectivity index (χ1n) is 5.16. The van der Waals surface area contributed by atoms with Crippen molar-refractivity contribution in [3.63, 3.8) is 0 Å². The number of aromatic nitrogens is 2. The number of nitrogens with one attached hydrogen (secondary N) is 2. The molecule has 0 bridgehead atoms. The van der Waals surface area contributed by atoms with Crippen LogP contribution in [0, 0.1) is 6.92 Å². The lowest BCUT2D eigenvalue weighted by atomic mass is 10.1. The van der Waals surface area contributed by atoms with Crippen molar-refractivity contribution in [3.05, 3.63) is 36.0 Å². The lowest BCUT2D eigenvalue weighted by molar-refractivity contribution is 0.187.